The van der Waals surface area contributed by atoms with Gasteiger partial charge in [0.15, 0.2) is 0 Å². The van der Waals surface area contributed by atoms with Gasteiger partial charge in [-0.05, 0) is 55.5 Å². The first-order valence-electron chi connectivity index (χ1n) is 13.2. The Morgan fingerprint density at radius 2 is 1.49 bits per heavy atom. The normalized spacial score (nSPS) is 12.8. The summed E-state index contributed by atoms with van der Waals surface area (Å²) < 4.78 is 27.1. The zero-order valence-electron chi connectivity index (χ0n) is 23.4. The van der Waals surface area contributed by atoms with Crippen molar-refractivity contribution in [2.45, 2.75) is 59.2 Å². The van der Waals surface area contributed by atoms with Crippen LogP contribution in [-0.2, 0) is 32.6 Å². The lowest BCUT2D eigenvalue weighted by Crippen LogP contribution is -2.54. The molecule has 0 bridgehead atoms. The molecule has 3 rings (SSSR count). The summed E-state index contributed by atoms with van der Waals surface area (Å²) in [6, 6.07) is 23.6. The van der Waals surface area contributed by atoms with E-state index in [-0.39, 0.29) is 18.5 Å². The third-order valence-electron chi connectivity index (χ3n) is 6.78. The number of carbonyl (C=O) groups is 2. The van der Waals surface area contributed by atoms with E-state index in [0.717, 1.165) is 39.2 Å². The average molecular weight is 550 g/mol. The van der Waals surface area contributed by atoms with Crippen LogP contribution in [0.5, 0.6) is 0 Å². The maximum absolute atomic E-state index is 14.1. The highest BCUT2D eigenvalue weighted by atomic mass is 32.2. The van der Waals surface area contributed by atoms with Gasteiger partial charge >= 0.3 is 0 Å². The molecule has 1 N–H and O–H groups in total. The molecule has 2 atom stereocenters. The van der Waals surface area contributed by atoms with Gasteiger partial charge in [-0.25, -0.2) is 8.42 Å². The van der Waals surface area contributed by atoms with Gasteiger partial charge in [-0.1, -0.05) is 79.7 Å². The van der Waals surface area contributed by atoms with Crippen LogP contribution >= 0.6 is 0 Å². The minimum atomic E-state index is -3.80. The molecule has 7 nitrogen and oxygen atoms in total. The summed E-state index contributed by atoms with van der Waals surface area (Å²) in [7, 11) is -3.80. The first-order valence-corrected chi connectivity index (χ1v) is 15.1. The minimum Gasteiger partial charge on any atom is -0.352 e. The maximum atomic E-state index is 14.1. The van der Waals surface area contributed by atoms with Crippen LogP contribution in [0, 0.1) is 13.8 Å². The van der Waals surface area contributed by atoms with E-state index in [1.165, 1.54) is 4.90 Å². The van der Waals surface area contributed by atoms with Crippen molar-refractivity contribution in [3.05, 3.63) is 101 Å². The molecule has 0 heterocycles. The number of nitrogens with one attached hydrogen (secondary N) is 1. The van der Waals surface area contributed by atoms with Crippen LogP contribution in [-0.4, -0.2) is 50.0 Å². The molecule has 0 saturated heterocycles. The molecule has 0 aliphatic rings. The fraction of sp³-hybridized carbons (Fsp3) is 0.355. The van der Waals surface area contributed by atoms with Gasteiger partial charge in [0.05, 0.1) is 11.9 Å². The smallest absolute Gasteiger partial charge is 0.244 e. The Kier molecular flexibility index (Phi) is 10.3. The van der Waals surface area contributed by atoms with Gasteiger partial charge in [0.25, 0.3) is 0 Å². The molecule has 0 saturated carbocycles. The summed E-state index contributed by atoms with van der Waals surface area (Å²) in [6.07, 6.45) is 2.13. The summed E-state index contributed by atoms with van der Waals surface area (Å²) >= 11 is 0. The molecule has 39 heavy (non-hydrogen) atoms. The number of aryl methyl sites for hydroxylation is 2. The molecule has 2 amide bonds. The Morgan fingerprint density at radius 1 is 0.897 bits per heavy atom. The minimum absolute atomic E-state index is 0.0769. The van der Waals surface area contributed by atoms with Crippen LogP contribution in [0.1, 0.15) is 42.5 Å². The molecule has 3 aromatic carbocycles. The van der Waals surface area contributed by atoms with E-state index in [9.17, 15) is 18.0 Å². The number of anilines is 1. The van der Waals surface area contributed by atoms with E-state index in [4.69, 9.17) is 0 Å². The Labute approximate surface area is 232 Å². The first kappa shape index (κ1) is 29.9. The van der Waals surface area contributed by atoms with E-state index in [0.29, 0.717) is 12.1 Å². The van der Waals surface area contributed by atoms with Crippen LogP contribution in [0.15, 0.2) is 78.9 Å². The third-order valence-corrected chi connectivity index (χ3v) is 7.91. The maximum Gasteiger partial charge on any atom is 0.244 e. The van der Waals surface area contributed by atoms with Crippen molar-refractivity contribution in [2.75, 3.05) is 17.1 Å². The summed E-state index contributed by atoms with van der Waals surface area (Å²) in [5.74, 6) is -0.722. The highest BCUT2D eigenvalue weighted by Crippen LogP contribution is 2.25. The van der Waals surface area contributed by atoms with E-state index in [1.807, 2.05) is 100 Å². The largest absolute Gasteiger partial charge is 0.352 e. The van der Waals surface area contributed by atoms with Crippen LogP contribution in [0.4, 0.5) is 5.69 Å². The molecule has 0 aliphatic heterocycles. The molecule has 0 aliphatic carbocycles. The molecular weight excluding hydrogens is 510 g/mol. The summed E-state index contributed by atoms with van der Waals surface area (Å²) in [4.78, 5) is 29.3. The second-order valence-corrected chi connectivity index (χ2v) is 12.0. The Balaban J connectivity index is 2.06. The SMILES string of the molecule is CC[C@@H](C)NC(=O)[C@@H](Cc1ccccc1)N(Cc1ccccc1)C(=O)CN(c1cc(C)ccc1C)S(C)(=O)=O. The molecule has 0 spiro atoms. The van der Waals surface area contributed by atoms with Crippen molar-refractivity contribution in [3.63, 3.8) is 0 Å². The van der Waals surface area contributed by atoms with Crippen LogP contribution < -0.4 is 9.62 Å². The van der Waals surface area contributed by atoms with Crippen molar-refractivity contribution in [1.29, 1.82) is 0 Å². The Bertz CT molecular complexity index is 1360. The van der Waals surface area contributed by atoms with E-state index in [1.54, 1.807) is 6.07 Å². The molecular formula is C31H39N3O4S. The number of benzene rings is 3. The van der Waals surface area contributed by atoms with Gasteiger partial charge in [-0.3, -0.25) is 13.9 Å². The number of hydrogen-bond donors (Lipinski definition) is 1. The van der Waals surface area contributed by atoms with E-state index in [2.05, 4.69) is 5.32 Å². The monoisotopic (exact) mass is 549 g/mol. The van der Waals surface area contributed by atoms with Gasteiger partial charge in [-0.2, -0.15) is 0 Å². The molecule has 0 fully saturated rings. The summed E-state index contributed by atoms with van der Waals surface area (Å²) in [6.45, 7) is 7.34. The topological polar surface area (TPSA) is 86.8 Å². The average Bonchev–Trinajstić information content (AvgIpc) is 2.91. The number of sulfonamides is 1. The van der Waals surface area contributed by atoms with Gasteiger partial charge in [0.2, 0.25) is 21.8 Å². The predicted molar refractivity (Wildman–Crippen MR) is 157 cm³/mol. The lowest BCUT2D eigenvalue weighted by molar-refractivity contribution is -0.140. The van der Waals surface area contributed by atoms with Gasteiger partial charge < -0.3 is 10.2 Å². The Morgan fingerprint density at radius 3 is 2.05 bits per heavy atom. The molecule has 208 valence electrons. The van der Waals surface area contributed by atoms with Crippen molar-refractivity contribution in [1.82, 2.24) is 10.2 Å². The quantitative estimate of drug-likeness (QED) is 0.357. The highest BCUT2D eigenvalue weighted by molar-refractivity contribution is 7.92. The Hall–Kier alpha value is -3.65. The van der Waals surface area contributed by atoms with Crippen LogP contribution in [0.2, 0.25) is 0 Å². The van der Waals surface area contributed by atoms with Crippen molar-refractivity contribution in [2.24, 2.45) is 0 Å². The van der Waals surface area contributed by atoms with Crippen LogP contribution in [0.3, 0.4) is 0 Å². The van der Waals surface area contributed by atoms with Crippen molar-refractivity contribution < 1.29 is 18.0 Å². The second kappa shape index (κ2) is 13.4. The lowest BCUT2D eigenvalue weighted by Gasteiger charge is -2.34. The fourth-order valence-electron chi connectivity index (χ4n) is 4.36. The zero-order chi connectivity index (χ0) is 28.6. The molecule has 0 aromatic heterocycles. The number of hydrogen-bond acceptors (Lipinski definition) is 4. The lowest BCUT2D eigenvalue weighted by atomic mass is 10.0. The molecule has 0 unspecified atom stereocenters. The highest BCUT2D eigenvalue weighted by Gasteiger charge is 2.33. The molecule has 3 aromatic rings. The zero-order valence-corrected chi connectivity index (χ0v) is 24.2. The standard InChI is InChI=1S/C31H39N3O4S/c1-6-25(4)32-31(36)29(20-26-13-9-7-10-14-26)33(21-27-15-11-8-12-16-27)30(35)22-34(39(5,37)38)28-19-23(2)17-18-24(28)3/h7-19,25,29H,6,20-22H2,1-5H3,(H,32,36)/t25-,29-/m1/s1. The number of amides is 2. The molecule has 8 heteroatoms. The van der Waals surface area contributed by atoms with Gasteiger partial charge in [0, 0.05) is 19.0 Å². The van der Waals surface area contributed by atoms with Crippen molar-refractivity contribution in [3.8, 4) is 0 Å². The van der Waals surface area contributed by atoms with Crippen LogP contribution in [0.25, 0.3) is 0 Å². The third kappa shape index (κ3) is 8.42. The van der Waals surface area contributed by atoms with Gasteiger partial charge in [-0.15, -0.1) is 0 Å². The second-order valence-electron chi connectivity index (χ2n) is 10.1. The molecule has 0 radical (unpaired) electrons. The fourth-order valence-corrected chi connectivity index (χ4v) is 5.26. The summed E-state index contributed by atoms with van der Waals surface area (Å²) in [5.41, 5.74) is 3.82. The number of rotatable bonds is 12. The van der Waals surface area contributed by atoms with E-state index >= 15 is 0 Å². The number of carbonyl (C=O) groups excluding carboxylic acids is 2. The predicted octanol–water partition coefficient (Wildman–Crippen LogP) is 4.62. The number of nitrogens with zero attached hydrogens (tertiary/aromatic N) is 2. The van der Waals surface area contributed by atoms with E-state index < -0.39 is 28.5 Å². The van der Waals surface area contributed by atoms with Crippen molar-refractivity contribution >= 4 is 27.5 Å². The van der Waals surface area contributed by atoms with Gasteiger partial charge in [0.1, 0.15) is 12.6 Å². The first-order chi connectivity index (χ1) is 18.5. The summed E-state index contributed by atoms with van der Waals surface area (Å²) in [5, 5.41) is 3.04.